The number of rotatable bonds is 7. The van der Waals surface area contributed by atoms with Crippen molar-refractivity contribution in [3.8, 4) is 5.75 Å². The minimum absolute atomic E-state index is 0.127. The number of urea groups is 1. The Labute approximate surface area is 218 Å². The van der Waals surface area contributed by atoms with E-state index in [0.717, 1.165) is 21.6 Å². The van der Waals surface area contributed by atoms with Gasteiger partial charge in [0.05, 0.1) is 12.3 Å². The first kappa shape index (κ1) is 24.3. The molecule has 0 saturated carbocycles. The number of barbiturate groups is 1. The summed E-state index contributed by atoms with van der Waals surface area (Å²) >= 11 is 5.95. The average Bonchev–Trinajstić information content (AvgIpc) is 3.24. The third-order valence-electron chi connectivity index (χ3n) is 6.09. The zero-order chi connectivity index (χ0) is 25.9. The number of nitrogens with zero attached hydrogens (tertiary/aromatic N) is 2. The molecule has 4 amide bonds. The van der Waals surface area contributed by atoms with Crippen LogP contribution in [-0.2, 0) is 16.1 Å². The molecule has 3 aromatic carbocycles. The first-order valence-electron chi connectivity index (χ1n) is 11.8. The van der Waals surface area contributed by atoms with Crippen molar-refractivity contribution in [1.82, 2.24) is 9.88 Å². The van der Waals surface area contributed by atoms with Crippen LogP contribution in [0.1, 0.15) is 12.5 Å². The summed E-state index contributed by atoms with van der Waals surface area (Å²) in [5.41, 5.74) is 1.86. The van der Waals surface area contributed by atoms with E-state index >= 15 is 0 Å². The highest BCUT2D eigenvalue weighted by molar-refractivity contribution is 6.39. The molecule has 1 atom stereocenters. The molecule has 186 valence electrons. The van der Waals surface area contributed by atoms with E-state index in [4.69, 9.17) is 16.3 Å². The molecule has 8 heteroatoms. The fraction of sp³-hybridized carbons (Fsp3) is 0.138. The summed E-state index contributed by atoms with van der Waals surface area (Å²) < 4.78 is 8.00. The van der Waals surface area contributed by atoms with Crippen LogP contribution in [0.3, 0.4) is 0 Å². The van der Waals surface area contributed by atoms with Crippen molar-refractivity contribution in [2.45, 2.75) is 13.5 Å². The lowest BCUT2D eigenvalue weighted by atomic mass is 10.1. The van der Waals surface area contributed by atoms with Crippen molar-refractivity contribution in [2.24, 2.45) is 5.92 Å². The largest absolute Gasteiger partial charge is 0.493 e. The average molecular weight is 514 g/mol. The highest BCUT2D eigenvalue weighted by atomic mass is 35.5. The number of carbonyl (C=O) groups excluding carboxylic acids is 3. The molecule has 1 aliphatic rings. The molecule has 1 aromatic heterocycles. The van der Waals surface area contributed by atoms with E-state index in [9.17, 15) is 14.4 Å². The SMILES string of the molecule is CC(COc1ccccc1)Cn1cc(C=C2C(=O)NC(=O)N(c3ccc(Cl)cc3)C2=O)c2ccccc21. The van der Waals surface area contributed by atoms with Gasteiger partial charge in [-0.25, -0.2) is 9.69 Å². The molecule has 37 heavy (non-hydrogen) atoms. The van der Waals surface area contributed by atoms with E-state index in [2.05, 4.69) is 16.8 Å². The molecular weight excluding hydrogens is 490 g/mol. The van der Waals surface area contributed by atoms with Crippen LogP contribution < -0.4 is 15.0 Å². The summed E-state index contributed by atoms with van der Waals surface area (Å²) in [6, 6.07) is 22.9. The van der Waals surface area contributed by atoms with Crippen LogP contribution in [0.15, 0.2) is 90.6 Å². The molecule has 0 spiro atoms. The van der Waals surface area contributed by atoms with E-state index in [1.165, 1.54) is 6.08 Å². The van der Waals surface area contributed by atoms with Crippen LogP contribution in [0.2, 0.25) is 5.02 Å². The van der Waals surface area contributed by atoms with Crippen molar-refractivity contribution < 1.29 is 19.1 Å². The van der Waals surface area contributed by atoms with Gasteiger partial charge in [-0.15, -0.1) is 0 Å². The number of halogens is 1. The molecule has 0 aliphatic carbocycles. The highest BCUT2D eigenvalue weighted by Gasteiger charge is 2.37. The lowest BCUT2D eigenvalue weighted by molar-refractivity contribution is -0.122. The number of benzene rings is 3. The van der Waals surface area contributed by atoms with Crippen LogP contribution >= 0.6 is 11.6 Å². The second-order valence-corrected chi connectivity index (χ2v) is 9.35. The van der Waals surface area contributed by atoms with Gasteiger partial charge in [-0.05, 0) is 48.5 Å². The summed E-state index contributed by atoms with van der Waals surface area (Å²) in [4.78, 5) is 39.4. The van der Waals surface area contributed by atoms with Crippen LogP contribution in [0.4, 0.5) is 10.5 Å². The minimum Gasteiger partial charge on any atom is -0.493 e. The lowest BCUT2D eigenvalue weighted by Crippen LogP contribution is -2.54. The zero-order valence-corrected chi connectivity index (χ0v) is 20.8. The second-order valence-electron chi connectivity index (χ2n) is 8.92. The zero-order valence-electron chi connectivity index (χ0n) is 20.1. The standard InChI is InChI=1S/C29H24ClN3O4/c1-19(18-37-23-7-3-2-4-8-23)16-32-17-20(24-9-5-6-10-26(24)32)15-25-27(34)31-29(36)33(28(25)35)22-13-11-21(30)12-14-22/h2-15,17,19H,16,18H2,1H3,(H,31,34,36). The normalized spacial score (nSPS) is 15.8. The maximum absolute atomic E-state index is 13.3. The predicted octanol–water partition coefficient (Wildman–Crippen LogP) is 5.68. The number of amides is 4. The Morgan fingerprint density at radius 1 is 0.946 bits per heavy atom. The van der Waals surface area contributed by atoms with Crippen molar-refractivity contribution in [3.63, 3.8) is 0 Å². The summed E-state index contributed by atoms with van der Waals surface area (Å²) in [7, 11) is 0. The fourth-order valence-electron chi connectivity index (χ4n) is 4.32. The molecular formula is C29H24ClN3O4. The number of ether oxygens (including phenoxy) is 1. The number of anilines is 1. The number of hydrogen-bond acceptors (Lipinski definition) is 4. The van der Waals surface area contributed by atoms with Crippen molar-refractivity contribution >= 4 is 52.1 Å². The Bertz CT molecular complexity index is 1510. The van der Waals surface area contributed by atoms with Gasteiger partial charge in [-0.2, -0.15) is 0 Å². The van der Waals surface area contributed by atoms with Crippen LogP contribution in [0.25, 0.3) is 17.0 Å². The van der Waals surface area contributed by atoms with E-state index in [-0.39, 0.29) is 11.5 Å². The summed E-state index contributed by atoms with van der Waals surface area (Å²) in [5, 5.41) is 3.62. The summed E-state index contributed by atoms with van der Waals surface area (Å²) in [5.74, 6) is -0.424. The molecule has 2 heterocycles. The quantitative estimate of drug-likeness (QED) is 0.255. The number of nitrogens with one attached hydrogen (secondary N) is 1. The maximum Gasteiger partial charge on any atom is 0.335 e. The molecule has 1 N–H and O–H groups in total. The summed E-state index contributed by atoms with van der Waals surface area (Å²) in [6.07, 6.45) is 3.46. The Hall–Kier alpha value is -4.36. The van der Waals surface area contributed by atoms with Crippen molar-refractivity contribution in [3.05, 3.63) is 101 Å². The van der Waals surface area contributed by atoms with E-state index in [0.29, 0.717) is 29.4 Å². The van der Waals surface area contributed by atoms with Gasteiger partial charge in [-0.3, -0.25) is 14.9 Å². The fourth-order valence-corrected chi connectivity index (χ4v) is 4.45. The highest BCUT2D eigenvalue weighted by Crippen LogP contribution is 2.28. The molecule has 1 aliphatic heterocycles. The number of hydrogen-bond donors (Lipinski definition) is 1. The van der Waals surface area contributed by atoms with E-state index in [1.807, 2.05) is 60.8 Å². The van der Waals surface area contributed by atoms with Crippen LogP contribution in [0, 0.1) is 5.92 Å². The molecule has 0 bridgehead atoms. The Morgan fingerprint density at radius 2 is 1.65 bits per heavy atom. The molecule has 1 saturated heterocycles. The van der Waals surface area contributed by atoms with Crippen molar-refractivity contribution in [2.75, 3.05) is 11.5 Å². The first-order chi connectivity index (χ1) is 17.9. The van der Waals surface area contributed by atoms with Gasteiger partial charge in [0.15, 0.2) is 0 Å². The first-order valence-corrected chi connectivity index (χ1v) is 12.2. The van der Waals surface area contributed by atoms with Gasteiger partial charge in [0.25, 0.3) is 11.8 Å². The van der Waals surface area contributed by atoms with Gasteiger partial charge in [-0.1, -0.05) is 54.9 Å². The topological polar surface area (TPSA) is 80.6 Å². The van der Waals surface area contributed by atoms with Gasteiger partial charge in [0.2, 0.25) is 0 Å². The van der Waals surface area contributed by atoms with Gasteiger partial charge >= 0.3 is 6.03 Å². The third-order valence-corrected chi connectivity index (χ3v) is 6.34. The number of imide groups is 2. The smallest absolute Gasteiger partial charge is 0.335 e. The number of para-hydroxylation sites is 2. The minimum atomic E-state index is -0.802. The van der Waals surface area contributed by atoms with Crippen LogP contribution in [-0.4, -0.2) is 29.0 Å². The molecule has 0 radical (unpaired) electrons. The number of fused-ring (bicyclic) bond motifs is 1. The van der Waals surface area contributed by atoms with Gasteiger partial charge in [0.1, 0.15) is 11.3 Å². The Kier molecular flexibility index (Phi) is 6.79. The maximum atomic E-state index is 13.3. The second kappa shape index (κ2) is 10.3. The Morgan fingerprint density at radius 3 is 2.41 bits per heavy atom. The van der Waals surface area contributed by atoms with Crippen LogP contribution in [0.5, 0.6) is 5.75 Å². The Balaban J connectivity index is 1.43. The van der Waals surface area contributed by atoms with E-state index < -0.39 is 17.8 Å². The molecule has 1 unspecified atom stereocenters. The third kappa shape index (κ3) is 5.13. The molecule has 1 fully saturated rings. The monoisotopic (exact) mass is 513 g/mol. The van der Waals surface area contributed by atoms with Gasteiger partial charge in [0, 0.05) is 40.1 Å². The molecule has 4 aromatic rings. The predicted molar refractivity (Wildman–Crippen MR) is 143 cm³/mol. The van der Waals surface area contributed by atoms with Gasteiger partial charge < -0.3 is 9.30 Å². The number of carbonyl (C=O) groups is 3. The molecule has 5 rings (SSSR count). The van der Waals surface area contributed by atoms with E-state index in [1.54, 1.807) is 24.3 Å². The summed E-state index contributed by atoms with van der Waals surface area (Å²) in [6.45, 7) is 3.31. The lowest BCUT2D eigenvalue weighted by Gasteiger charge is -2.26. The molecule has 7 nitrogen and oxygen atoms in total. The number of aromatic nitrogens is 1. The van der Waals surface area contributed by atoms with Crippen molar-refractivity contribution in [1.29, 1.82) is 0 Å².